The molecule has 5 atom stereocenters. The molecule has 0 amide bonds. The van der Waals surface area contributed by atoms with Crippen molar-refractivity contribution in [1.29, 1.82) is 0 Å². The van der Waals surface area contributed by atoms with Crippen molar-refractivity contribution in [1.82, 2.24) is 24.6 Å². The predicted octanol–water partition coefficient (Wildman–Crippen LogP) is 4.92. The van der Waals surface area contributed by atoms with Gasteiger partial charge in [0.15, 0.2) is 11.6 Å². The highest BCUT2D eigenvalue weighted by Gasteiger charge is 2.52. The molecule has 0 aromatic carbocycles. The highest BCUT2D eigenvalue weighted by molar-refractivity contribution is 5.64. The van der Waals surface area contributed by atoms with Crippen LogP contribution in [-0.2, 0) is 0 Å². The van der Waals surface area contributed by atoms with E-state index < -0.39 is 12.1 Å². The Hall–Kier alpha value is -2.33. The van der Waals surface area contributed by atoms with E-state index in [1.807, 2.05) is 0 Å². The zero-order chi connectivity index (χ0) is 25.6. The van der Waals surface area contributed by atoms with E-state index in [0.29, 0.717) is 35.1 Å². The van der Waals surface area contributed by atoms with Gasteiger partial charge < -0.3 is 15.4 Å². The van der Waals surface area contributed by atoms with Crippen molar-refractivity contribution >= 4 is 5.82 Å². The smallest absolute Gasteiger partial charge is 0.402 e. The summed E-state index contributed by atoms with van der Waals surface area (Å²) in [5, 5.41) is 4.88. The van der Waals surface area contributed by atoms with Gasteiger partial charge in [0, 0.05) is 61.6 Å². The lowest BCUT2D eigenvalue weighted by Crippen LogP contribution is -2.51. The molecule has 0 radical (unpaired) electrons. The molecule has 7 nitrogen and oxygen atoms in total. The van der Waals surface area contributed by atoms with Gasteiger partial charge in [0.05, 0.1) is 5.69 Å². The first-order chi connectivity index (χ1) is 17.2. The number of nitrogens with zero attached hydrogens (tertiary/aromatic N) is 5. The summed E-state index contributed by atoms with van der Waals surface area (Å²) in [6.45, 7) is 12.2. The number of nitrogen functional groups attached to an aromatic ring is 1. The molecule has 2 N–H and O–H groups in total. The summed E-state index contributed by atoms with van der Waals surface area (Å²) in [4.78, 5) is 9.21. The number of hydrogen-bond donors (Lipinski definition) is 1. The van der Waals surface area contributed by atoms with Crippen LogP contribution in [-0.4, -0.2) is 69.7 Å². The van der Waals surface area contributed by atoms with Crippen LogP contribution < -0.4 is 10.5 Å². The number of rotatable bonds is 7. The lowest BCUT2D eigenvalue weighted by Gasteiger charge is -2.39. The largest absolute Gasteiger partial charge is 0.573 e. The van der Waals surface area contributed by atoms with Crippen LogP contribution in [0.1, 0.15) is 64.1 Å². The molecule has 2 aliphatic carbocycles. The molecule has 36 heavy (non-hydrogen) atoms. The summed E-state index contributed by atoms with van der Waals surface area (Å²) in [5.41, 5.74) is 7.93. The van der Waals surface area contributed by atoms with Gasteiger partial charge >= 0.3 is 6.36 Å². The maximum atomic E-state index is 12.9. The average Bonchev–Trinajstić information content (AvgIpc) is 3.57. The van der Waals surface area contributed by atoms with E-state index in [1.54, 1.807) is 0 Å². The van der Waals surface area contributed by atoms with E-state index in [4.69, 9.17) is 10.8 Å². The minimum Gasteiger partial charge on any atom is -0.402 e. The zero-order valence-corrected chi connectivity index (χ0v) is 21.3. The molecule has 0 spiro atoms. The van der Waals surface area contributed by atoms with Gasteiger partial charge in [-0.05, 0) is 63.1 Å². The van der Waals surface area contributed by atoms with Crippen molar-refractivity contribution in [3.63, 3.8) is 0 Å². The number of anilines is 1. The molecule has 10 heteroatoms. The van der Waals surface area contributed by atoms with Crippen molar-refractivity contribution in [2.75, 3.05) is 38.5 Å². The molecule has 3 aliphatic rings. The standard InChI is InChI=1S/C26H37F3N6O/c1-4-16(3)35-22(14-21(32-35)18-13-23(25(30)31-15-18)36-26(27,28)29)20-12-17-6-7-19(20)24(17)34-10-8-33(5-2)9-11-34/h13-17,19-20,24H,4-12H2,1-3H3,(H2,30,31)/t16?,17?,19?,20-,24?/m0/s1. The van der Waals surface area contributed by atoms with Gasteiger partial charge in [-0.2, -0.15) is 5.10 Å². The fourth-order valence-corrected chi connectivity index (χ4v) is 6.74. The zero-order valence-electron chi connectivity index (χ0n) is 21.3. The first-order valence-electron chi connectivity index (χ1n) is 13.3. The van der Waals surface area contributed by atoms with Crippen molar-refractivity contribution < 1.29 is 17.9 Å². The molecule has 2 saturated carbocycles. The van der Waals surface area contributed by atoms with E-state index in [1.165, 1.54) is 30.8 Å². The van der Waals surface area contributed by atoms with E-state index in [0.717, 1.165) is 45.6 Å². The molecule has 2 aromatic heterocycles. The molecule has 3 heterocycles. The van der Waals surface area contributed by atoms with Gasteiger partial charge in [0.1, 0.15) is 0 Å². The number of aromatic nitrogens is 3. The summed E-state index contributed by atoms with van der Waals surface area (Å²) in [7, 11) is 0. The molecule has 2 bridgehead atoms. The highest BCUT2D eigenvalue weighted by Crippen LogP contribution is 2.55. The number of piperazine rings is 1. The summed E-state index contributed by atoms with van der Waals surface area (Å²) >= 11 is 0. The van der Waals surface area contributed by atoms with E-state index >= 15 is 0 Å². The maximum absolute atomic E-state index is 12.9. The predicted molar refractivity (Wildman–Crippen MR) is 133 cm³/mol. The molecule has 4 unspecified atom stereocenters. The Labute approximate surface area is 210 Å². The van der Waals surface area contributed by atoms with E-state index in [2.05, 4.69) is 51.0 Å². The summed E-state index contributed by atoms with van der Waals surface area (Å²) in [5.74, 6) is 0.898. The van der Waals surface area contributed by atoms with Gasteiger partial charge in [0.25, 0.3) is 0 Å². The van der Waals surface area contributed by atoms with Gasteiger partial charge in [-0.3, -0.25) is 9.58 Å². The van der Waals surface area contributed by atoms with Crippen LogP contribution in [0.3, 0.4) is 0 Å². The first-order valence-corrected chi connectivity index (χ1v) is 13.3. The number of hydrogen-bond acceptors (Lipinski definition) is 6. The minimum absolute atomic E-state index is 0.187. The monoisotopic (exact) mass is 506 g/mol. The average molecular weight is 507 g/mol. The van der Waals surface area contributed by atoms with Gasteiger partial charge in [0.2, 0.25) is 0 Å². The molecule has 5 rings (SSSR count). The Kier molecular flexibility index (Phi) is 6.93. The molecule has 3 fully saturated rings. The fourth-order valence-electron chi connectivity index (χ4n) is 6.74. The molecule has 2 aromatic rings. The SMILES string of the molecule is CCC(C)n1nc(-c2cnc(N)c(OC(F)(F)F)c2)cc1[C@H]1CC2CCC1C2N1CCN(CC)CC1. The third-order valence-electron chi connectivity index (χ3n) is 8.70. The number of likely N-dealkylation sites (N-methyl/N-ethyl adjacent to an activating group) is 1. The lowest BCUT2D eigenvalue weighted by atomic mass is 9.85. The van der Waals surface area contributed by atoms with E-state index in [9.17, 15) is 13.2 Å². The van der Waals surface area contributed by atoms with Crippen LogP contribution in [0.25, 0.3) is 11.3 Å². The lowest BCUT2D eigenvalue weighted by molar-refractivity contribution is -0.274. The highest BCUT2D eigenvalue weighted by atomic mass is 19.4. The molecular weight excluding hydrogens is 469 g/mol. The third-order valence-corrected chi connectivity index (χ3v) is 8.70. The number of fused-ring (bicyclic) bond motifs is 2. The number of alkyl halides is 3. The number of halogens is 3. The fraction of sp³-hybridized carbons (Fsp3) is 0.692. The van der Waals surface area contributed by atoms with Crippen LogP contribution in [0.4, 0.5) is 19.0 Å². The molecule has 1 saturated heterocycles. The van der Waals surface area contributed by atoms with Crippen LogP contribution in [0.2, 0.25) is 0 Å². The summed E-state index contributed by atoms with van der Waals surface area (Å²) in [6, 6.07) is 4.16. The quantitative estimate of drug-likeness (QED) is 0.575. The first kappa shape index (κ1) is 25.3. The van der Waals surface area contributed by atoms with Crippen LogP contribution in [0.5, 0.6) is 5.75 Å². The van der Waals surface area contributed by atoms with Gasteiger partial charge in [-0.1, -0.05) is 13.8 Å². The van der Waals surface area contributed by atoms with Crippen LogP contribution in [0.15, 0.2) is 18.3 Å². The maximum Gasteiger partial charge on any atom is 0.573 e. The van der Waals surface area contributed by atoms with Crippen molar-refractivity contribution in [3.05, 3.63) is 24.0 Å². The molecule has 198 valence electrons. The summed E-state index contributed by atoms with van der Waals surface area (Å²) < 4.78 is 44.8. The summed E-state index contributed by atoms with van der Waals surface area (Å²) in [6.07, 6.45) is 1.21. The van der Waals surface area contributed by atoms with Crippen LogP contribution >= 0.6 is 0 Å². The van der Waals surface area contributed by atoms with Crippen LogP contribution in [0, 0.1) is 11.8 Å². The Morgan fingerprint density at radius 2 is 1.89 bits per heavy atom. The van der Waals surface area contributed by atoms with Gasteiger partial charge in [-0.15, -0.1) is 13.2 Å². The molecular formula is C26H37F3N6O. The second kappa shape index (κ2) is 9.85. The third kappa shape index (κ3) is 4.81. The Balaban J connectivity index is 1.44. The second-order valence-electron chi connectivity index (χ2n) is 10.6. The number of ether oxygens (including phenoxy) is 1. The van der Waals surface area contributed by atoms with E-state index in [-0.39, 0.29) is 11.9 Å². The van der Waals surface area contributed by atoms with Crippen molar-refractivity contribution in [2.45, 2.75) is 70.8 Å². The Morgan fingerprint density at radius 3 is 2.56 bits per heavy atom. The Bertz CT molecular complexity index is 1060. The van der Waals surface area contributed by atoms with Gasteiger partial charge in [-0.25, -0.2) is 4.98 Å². The number of nitrogens with two attached hydrogens (primary N) is 1. The Morgan fingerprint density at radius 1 is 1.14 bits per heavy atom. The second-order valence-corrected chi connectivity index (χ2v) is 10.6. The normalized spacial score (nSPS) is 28.1. The topological polar surface area (TPSA) is 72.4 Å². The number of pyridine rings is 1. The van der Waals surface area contributed by atoms with Crippen molar-refractivity contribution in [3.8, 4) is 17.0 Å². The van der Waals surface area contributed by atoms with Crippen molar-refractivity contribution in [2.24, 2.45) is 11.8 Å². The minimum atomic E-state index is -4.84. The molecule has 1 aliphatic heterocycles.